The van der Waals surface area contributed by atoms with Gasteiger partial charge in [-0.3, -0.25) is 4.79 Å². The Hall–Kier alpha value is -0.610. The maximum Gasteiger partial charge on any atom is 0.220 e. The molecular formula is C10H21NO3. The van der Waals surface area contributed by atoms with Gasteiger partial charge in [0, 0.05) is 20.6 Å². The van der Waals surface area contributed by atoms with Crippen LogP contribution in [0.1, 0.15) is 26.7 Å². The van der Waals surface area contributed by atoms with Gasteiger partial charge in [0.05, 0.1) is 6.54 Å². The number of nitrogens with one attached hydrogen (secondary N) is 1. The first kappa shape index (κ1) is 13.4. The molecule has 0 fully saturated rings. The average Bonchev–Trinajstić information content (AvgIpc) is 2.19. The van der Waals surface area contributed by atoms with Crippen LogP contribution in [-0.4, -0.2) is 33.0 Å². The molecule has 4 heteroatoms. The SMILES string of the molecule is CCC(C)CC(=O)NCC(OC)OC. The van der Waals surface area contributed by atoms with Crippen LogP contribution in [0.5, 0.6) is 0 Å². The average molecular weight is 203 g/mol. The van der Waals surface area contributed by atoms with Crippen LogP contribution in [0, 0.1) is 5.92 Å². The molecule has 0 saturated heterocycles. The highest BCUT2D eigenvalue weighted by molar-refractivity contribution is 5.76. The highest BCUT2D eigenvalue weighted by Gasteiger charge is 2.10. The molecule has 0 heterocycles. The van der Waals surface area contributed by atoms with Crippen LogP contribution >= 0.6 is 0 Å². The van der Waals surface area contributed by atoms with E-state index < -0.39 is 0 Å². The monoisotopic (exact) mass is 203 g/mol. The Labute approximate surface area is 86.0 Å². The lowest BCUT2D eigenvalue weighted by molar-refractivity contribution is -0.128. The van der Waals surface area contributed by atoms with Crippen LogP contribution in [-0.2, 0) is 14.3 Å². The Balaban J connectivity index is 3.62. The number of carbonyl (C=O) groups is 1. The molecule has 1 amide bonds. The van der Waals surface area contributed by atoms with Gasteiger partial charge in [0.25, 0.3) is 0 Å². The van der Waals surface area contributed by atoms with Crippen molar-refractivity contribution in [3.63, 3.8) is 0 Å². The third-order valence-corrected chi connectivity index (χ3v) is 2.22. The van der Waals surface area contributed by atoms with E-state index in [0.29, 0.717) is 18.9 Å². The summed E-state index contributed by atoms with van der Waals surface area (Å²) in [7, 11) is 3.10. The lowest BCUT2D eigenvalue weighted by atomic mass is 10.1. The first-order chi connectivity index (χ1) is 6.63. The molecule has 0 rings (SSSR count). The van der Waals surface area contributed by atoms with E-state index in [9.17, 15) is 4.79 Å². The fourth-order valence-corrected chi connectivity index (χ4v) is 0.993. The summed E-state index contributed by atoms with van der Waals surface area (Å²) in [6.07, 6.45) is 1.23. The van der Waals surface area contributed by atoms with E-state index in [4.69, 9.17) is 9.47 Å². The second-order valence-electron chi connectivity index (χ2n) is 3.42. The van der Waals surface area contributed by atoms with E-state index in [1.807, 2.05) is 0 Å². The number of hydrogen-bond donors (Lipinski definition) is 1. The zero-order valence-electron chi connectivity index (χ0n) is 9.50. The zero-order chi connectivity index (χ0) is 11.0. The molecule has 1 N–H and O–H groups in total. The lowest BCUT2D eigenvalue weighted by Gasteiger charge is -2.15. The molecule has 0 aliphatic carbocycles. The van der Waals surface area contributed by atoms with E-state index in [0.717, 1.165) is 6.42 Å². The molecule has 0 saturated carbocycles. The van der Waals surface area contributed by atoms with Gasteiger partial charge >= 0.3 is 0 Å². The van der Waals surface area contributed by atoms with Gasteiger partial charge in [-0.05, 0) is 5.92 Å². The van der Waals surface area contributed by atoms with Crippen molar-refractivity contribution in [1.29, 1.82) is 0 Å². The van der Waals surface area contributed by atoms with Crippen LogP contribution < -0.4 is 5.32 Å². The van der Waals surface area contributed by atoms with E-state index >= 15 is 0 Å². The molecule has 0 aliphatic rings. The molecule has 0 aromatic carbocycles. The maximum absolute atomic E-state index is 11.3. The van der Waals surface area contributed by atoms with Crippen molar-refractivity contribution in [3.05, 3.63) is 0 Å². The Morgan fingerprint density at radius 1 is 1.36 bits per heavy atom. The summed E-state index contributed by atoms with van der Waals surface area (Å²) in [5.41, 5.74) is 0. The van der Waals surface area contributed by atoms with Crippen molar-refractivity contribution in [2.45, 2.75) is 33.0 Å². The van der Waals surface area contributed by atoms with Crippen LogP contribution in [0.4, 0.5) is 0 Å². The Morgan fingerprint density at radius 2 is 1.93 bits per heavy atom. The van der Waals surface area contributed by atoms with E-state index in [1.165, 1.54) is 0 Å². The fourth-order valence-electron chi connectivity index (χ4n) is 0.993. The number of methoxy groups -OCH3 is 2. The third kappa shape index (κ3) is 5.94. The molecule has 0 aromatic rings. The second-order valence-corrected chi connectivity index (χ2v) is 3.42. The van der Waals surface area contributed by atoms with Gasteiger partial charge in [-0.2, -0.15) is 0 Å². The summed E-state index contributed by atoms with van der Waals surface area (Å²) >= 11 is 0. The zero-order valence-corrected chi connectivity index (χ0v) is 9.50. The summed E-state index contributed by atoms with van der Waals surface area (Å²) < 4.78 is 9.89. The normalized spacial score (nSPS) is 12.9. The topological polar surface area (TPSA) is 47.6 Å². The molecule has 0 radical (unpaired) electrons. The maximum atomic E-state index is 11.3. The van der Waals surface area contributed by atoms with Gasteiger partial charge in [-0.1, -0.05) is 20.3 Å². The van der Waals surface area contributed by atoms with Crippen LogP contribution in [0.15, 0.2) is 0 Å². The Morgan fingerprint density at radius 3 is 2.36 bits per heavy atom. The summed E-state index contributed by atoms with van der Waals surface area (Å²) in [6, 6.07) is 0. The van der Waals surface area contributed by atoms with Gasteiger partial charge in [0.15, 0.2) is 6.29 Å². The molecule has 0 spiro atoms. The van der Waals surface area contributed by atoms with Crippen molar-refractivity contribution >= 4 is 5.91 Å². The largest absolute Gasteiger partial charge is 0.354 e. The summed E-state index contributed by atoms with van der Waals surface area (Å²) in [5, 5.41) is 2.76. The third-order valence-electron chi connectivity index (χ3n) is 2.22. The van der Waals surface area contributed by atoms with Gasteiger partial charge in [0.2, 0.25) is 5.91 Å². The van der Waals surface area contributed by atoms with E-state index in [2.05, 4.69) is 19.2 Å². The molecule has 4 nitrogen and oxygen atoms in total. The summed E-state index contributed by atoms with van der Waals surface area (Å²) in [5.74, 6) is 0.483. The van der Waals surface area contributed by atoms with Crippen molar-refractivity contribution in [2.75, 3.05) is 20.8 Å². The second kappa shape index (κ2) is 7.76. The highest BCUT2D eigenvalue weighted by atomic mass is 16.7. The van der Waals surface area contributed by atoms with Gasteiger partial charge in [-0.15, -0.1) is 0 Å². The molecule has 14 heavy (non-hydrogen) atoms. The molecule has 0 aromatic heterocycles. The Bertz CT molecular complexity index is 157. The molecule has 1 unspecified atom stereocenters. The van der Waals surface area contributed by atoms with Gasteiger partial charge < -0.3 is 14.8 Å². The number of carbonyl (C=O) groups excluding carboxylic acids is 1. The molecule has 1 atom stereocenters. The van der Waals surface area contributed by atoms with Gasteiger partial charge in [-0.25, -0.2) is 0 Å². The lowest BCUT2D eigenvalue weighted by Crippen LogP contribution is -2.34. The van der Waals surface area contributed by atoms with E-state index in [1.54, 1.807) is 14.2 Å². The highest BCUT2D eigenvalue weighted by Crippen LogP contribution is 2.05. The molecule has 84 valence electrons. The summed E-state index contributed by atoms with van der Waals surface area (Å²) in [6.45, 7) is 4.54. The minimum Gasteiger partial charge on any atom is -0.354 e. The van der Waals surface area contributed by atoms with Crippen molar-refractivity contribution < 1.29 is 14.3 Å². The predicted octanol–water partition coefficient (Wildman–Crippen LogP) is 1.16. The van der Waals surface area contributed by atoms with E-state index in [-0.39, 0.29) is 12.2 Å². The van der Waals surface area contributed by atoms with Crippen molar-refractivity contribution in [1.82, 2.24) is 5.32 Å². The first-order valence-electron chi connectivity index (χ1n) is 4.96. The quantitative estimate of drug-likeness (QED) is 0.632. The number of rotatable bonds is 7. The minimum absolute atomic E-state index is 0.0541. The molecule has 0 aliphatic heterocycles. The molecular weight excluding hydrogens is 182 g/mol. The number of ether oxygens (including phenoxy) is 2. The molecule has 0 bridgehead atoms. The minimum atomic E-state index is -0.351. The number of amides is 1. The first-order valence-corrected chi connectivity index (χ1v) is 4.96. The predicted molar refractivity (Wildman–Crippen MR) is 54.9 cm³/mol. The van der Waals surface area contributed by atoms with Crippen LogP contribution in [0.3, 0.4) is 0 Å². The Kier molecular flexibility index (Phi) is 7.42. The smallest absolute Gasteiger partial charge is 0.220 e. The number of hydrogen-bond acceptors (Lipinski definition) is 3. The van der Waals surface area contributed by atoms with Crippen molar-refractivity contribution in [3.8, 4) is 0 Å². The van der Waals surface area contributed by atoms with Crippen LogP contribution in [0.2, 0.25) is 0 Å². The fraction of sp³-hybridized carbons (Fsp3) is 0.900. The summed E-state index contributed by atoms with van der Waals surface area (Å²) in [4.78, 5) is 11.3. The standard InChI is InChI=1S/C10H21NO3/c1-5-8(2)6-9(12)11-7-10(13-3)14-4/h8,10H,5-7H2,1-4H3,(H,11,12). The van der Waals surface area contributed by atoms with Crippen molar-refractivity contribution in [2.24, 2.45) is 5.92 Å². The van der Waals surface area contributed by atoms with Gasteiger partial charge in [0.1, 0.15) is 0 Å². The van der Waals surface area contributed by atoms with Crippen LogP contribution in [0.25, 0.3) is 0 Å².